The van der Waals surface area contributed by atoms with Crippen molar-refractivity contribution in [2.45, 2.75) is 0 Å². The van der Waals surface area contributed by atoms with Crippen LogP contribution in [-0.4, -0.2) is 21.0 Å². The van der Waals surface area contributed by atoms with Gasteiger partial charge in [-0.15, -0.1) is 0 Å². The van der Waals surface area contributed by atoms with Gasteiger partial charge in [0.15, 0.2) is 5.76 Å². The first-order valence-corrected chi connectivity index (χ1v) is 3.87. The lowest BCUT2D eigenvalue weighted by Crippen LogP contribution is -1.91. The highest BCUT2D eigenvalue weighted by Crippen LogP contribution is 2.18. The molecule has 0 saturated carbocycles. The van der Waals surface area contributed by atoms with Gasteiger partial charge in [-0.25, -0.2) is 9.78 Å². The highest BCUT2D eigenvalue weighted by Gasteiger charge is 2.10. The summed E-state index contributed by atoms with van der Waals surface area (Å²) in [6.45, 7) is 0. The molecule has 0 fully saturated rings. The average molecular weight is 190 g/mol. The third-order valence-electron chi connectivity index (χ3n) is 1.63. The molecule has 5 nitrogen and oxygen atoms in total. The Bertz CT molecular complexity index is 450. The molecule has 70 valence electrons. The zero-order valence-corrected chi connectivity index (χ0v) is 7.04. The topological polar surface area (TPSA) is 76.2 Å². The first-order valence-electron chi connectivity index (χ1n) is 3.87. The number of hydrogen-bond donors (Lipinski definition) is 1. The molecular formula is C9H6N2O3. The van der Waals surface area contributed by atoms with Gasteiger partial charge in [-0.05, 0) is 12.1 Å². The van der Waals surface area contributed by atoms with Gasteiger partial charge in [0.1, 0.15) is 5.69 Å². The van der Waals surface area contributed by atoms with Gasteiger partial charge in [0.2, 0.25) is 5.76 Å². The van der Waals surface area contributed by atoms with Gasteiger partial charge in [0.25, 0.3) is 0 Å². The average Bonchev–Trinajstić information content (AvgIpc) is 2.68. The van der Waals surface area contributed by atoms with Crippen LogP contribution in [-0.2, 0) is 0 Å². The largest absolute Gasteiger partial charge is 0.475 e. The van der Waals surface area contributed by atoms with E-state index in [1.54, 1.807) is 6.07 Å². The summed E-state index contributed by atoms with van der Waals surface area (Å²) in [4.78, 5) is 18.3. The molecule has 2 rings (SSSR count). The van der Waals surface area contributed by atoms with Crippen molar-refractivity contribution >= 4 is 5.97 Å². The Morgan fingerprint density at radius 3 is 2.79 bits per heavy atom. The van der Waals surface area contributed by atoms with Crippen LogP contribution in [0.1, 0.15) is 10.6 Å². The van der Waals surface area contributed by atoms with Crippen molar-refractivity contribution in [1.29, 1.82) is 0 Å². The van der Waals surface area contributed by atoms with Gasteiger partial charge in [-0.1, -0.05) is 0 Å². The number of rotatable bonds is 2. The fourth-order valence-electron chi connectivity index (χ4n) is 1.02. The number of nitrogens with zero attached hydrogens (tertiary/aromatic N) is 2. The molecule has 2 aromatic rings. The summed E-state index contributed by atoms with van der Waals surface area (Å²) in [5, 5.41) is 8.62. The maximum Gasteiger partial charge on any atom is 0.371 e. The zero-order valence-electron chi connectivity index (χ0n) is 7.04. The van der Waals surface area contributed by atoms with Crippen molar-refractivity contribution in [3.63, 3.8) is 0 Å². The van der Waals surface area contributed by atoms with Crippen molar-refractivity contribution in [2.24, 2.45) is 0 Å². The molecule has 0 spiro atoms. The van der Waals surface area contributed by atoms with Crippen molar-refractivity contribution in [2.75, 3.05) is 0 Å². The van der Waals surface area contributed by atoms with E-state index in [1.807, 2.05) is 0 Å². The molecular weight excluding hydrogens is 184 g/mol. The molecule has 0 aromatic carbocycles. The first kappa shape index (κ1) is 8.43. The summed E-state index contributed by atoms with van der Waals surface area (Å²) < 4.78 is 5.03. The van der Waals surface area contributed by atoms with Crippen molar-refractivity contribution in [3.05, 3.63) is 36.5 Å². The predicted molar refractivity (Wildman–Crippen MR) is 46.7 cm³/mol. The Morgan fingerprint density at radius 1 is 1.36 bits per heavy atom. The van der Waals surface area contributed by atoms with Crippen molar-refractivity contribution in [3.8, 4) is 11.5 Å². The van der Waals surface area contributed by atoms with Crippen LogP contribution >= 0.6 is 0 Å². The third kappa shape index (κ3) is 1.47. The molecule has 0 aliphatic heterocycles. The Morgan fingerprint density at radius 2 is 2.21 bits per heavy atom. The van der Waals surface area contributed by atoms with Gasteiger partial charge < -0.3 is 9.52 Å². The van der Waals surface area contributed by atoms with E-state index in [2.05, 4.69) is 9.97 Å². The van der Waals surface area contributed by atoms with Crippen molar-refractivity contribution in [1.82, 2.24) is 9.97 Å². The van der Waals surface area contributed by atoms with Crippen LogP contribution in [0.4, 0.5) is 0 Å². The number of furan rings is 1. The second-order valence-corrected chi connectivity index (χ2v) is 2.56. The molecule has 0 aliphatic rings. The Labute approximate surface area is 79.0 Å². The minimum absolute atomic E-state index is 0.106. The summed E-state index contributed by atoms with van der Waals surface area (Å²) in [7, 11) is 0. The van der Waals surface area contributed by atoms with Crippen LogP contribution in [0.15, 0.2) is 35.1 Å². The second-order valence-electron chi connectivity index (χ2n) is 2.56. The molecule has 0 aliphatic carbocycles. The van der Waals surface area contributed by atoms with Gasteiger partial charge in [-0.2, -0.15) is 0 Å². The number of hydrogen-bond acceptors (Lipinski definition) is 4. The Hall–Kier alpha value is -2.17. The van der Waals surface area contributed by atoms with Crippen molar-refractivity contribution < 1.29 is 14.3 Å². The summed E-state index contributed by atoms with van der Waals surface area (Å²) in [5.41, 5.74) is 0.514. The van der Waals surface area contributed by atoms with Gasteiger partial charge in [0.05, 0.1) is 6.20 Å². The molecule has 0 radical (unpaired) electrons. The van der Waals surface area contributed by atoms with Crippen LogP contribution < -0.4 is 0 Å². The highest BCUT2D eigenvalue weighted by atomic mass is 16.4. The number of carbonyl (C=O) groups is 1. The summed E-state index contributed by atoms with van der Waals surface area (Å²) in [5.74, 6) is -0.804. The van der Waals surface area contributed by atoms with Crippen LogP contribution in [0.25, 0.3) is 11.5 Å². The molecule has 0 amide bonds. The van der Waals surface area contributed by atoms with Gasteiger partial charge >= 0.3 is 5.97 Å². The van der Waals surface area contributed by atoms with Crippen LogP contribution in [0.3, 0.4) is 0 Å². The molecule has 0 atom stereocenters. The Kier molecular flexibility index (Phi) is 1.98. The normalized spacial score (nSPS) is 10.0. The van der Waals surface area contributed by atoms with E-state index in [9.17, 15) is 4.79 Å². The lowest BCUT2D eigenvalue weighted by molar-refractivity contribution is 0.0663. The monoisotopic (exact) mass is 190 g/mol. The van der Waals surface area contributed by atoms with E-state index in [-0.39, 0.29) is 5.76 Å². The minimum Gasteiger partial charge on any atom is -0.475 e. The molecule has 0 bridgehead atoms. The summed E-state index contributed by atoms with van der Waals surface area (Å²) in [6.07, 6.45) is 4.55. The SMILES string of the molecule is O=C(O)c1ccc(-c2cnccn2)o1. The quantitative estimate of drug-likeness (QED) is 0.775. The highest BCUT2D eigenvalue weighted by molar-refractivity contribution is 5.85. The standard InChI is InChI=1S/C9H6N2O3/c12-9(13)8-2-1-7(14-8)6-5-10-3-4-11-6/h1-5H,(H,12,13). The fraction of sp³-hybridized carbons (Fsp3) is 0. The van der Waals surface area contributed by atoms with Crippen LogP contribution in [0.2, 0.25) is 0 Å². The lowest BCUT2D eigenvalue weighted by atomic mass is 10.3. The molecule has 2 aromatic heterocycles. The Balaban J connectivity index is 2.39. The maximum absolute atomic E-state index is 10.5. The lowest BCUT2D eigenvalue weighted by Gasteiger charge is -1.92. The third-order valence-corrected chi connectivity index (χ3v) is 1.63. The first-order chi connectivity index (χ1) is 6.77. The van der Waals surface area contributed by atoms with Gasteiger partial charge in [-0.3, -0.25) is 4.98 Å². The number of aromatic nitrogens is 2. The fourth-order valence-corrected chi connectivity index (χ4v) is 1.02. The maximum atomic E-state index is 10.5. The molecule has 0 saturated heterocycles. The van der Waals surface area contributed by atoms with E-state index in [0.717, 1.165) is 0 Å². The van der Waals surface area contributed by atoms with E-state index in [4.69, 9.17) is 9.52 Å². The predicted octanol–water partition coefficient (Wildman–Crippen LogP) is 1.43. The number of carboxylic acids is 1. The molecule has 5 heteroatoms. The number of aromatic carboxylic acids is 1. The summed E-state index contributed by atoms with van der Waals surface area (Å²) in [6, 6.07) is 2.93. The van der Waals surface area contributed by atoms with Gasteiger partial charge in [0, 0.05) is 12.4 Å². The second kappa shape index (κ2) is 3.29. The van der Waals surface area contributed by atoms with E-state index >= 15 is 0 Å². The van der Waals surface area contributed by atoms with E-state index < -0.39 is 5.97 Å². The zero-order chi connectivity index (χ0) is 9.97. The molecule has 1 N–H and O–H groups in total. The van der Waals surface area contributed by atoms with E-state index in [1.165, 1.54) is 24.7 Å². The smallest absolute Gasteiger partial charge is 0.371 e. The minimum atomic E-state index is -1.10. The van der Waals surface area contributed by atoms with Crippen LogP contribution in [0.5, 0.6) is 0 Å². The van der Waals surface area contributed by atoms with E-state index in [0.29, 0.717) is 11.5 Å². The number of carboxylic acid groups (broad SMARTS) is 1. The molecule has 0 unspecified atom stereocenters. The molecule has 14 heavy (non-hydrogen) atoms. The van der Waals surface area contributed by atoms with Crippen LogP contribution in [0, 0.1) is 0 Å². The molecule has 2 heterocycles. The summed E-state index contributed by atoms with van der Waals surface area (Å²) >= 11 is 0.